The monoisotopic (exact) mass is 448 g/mol. The summed E-state index contributed by atoms with van der Waals surface area (Å²) in [6, 6.07) is 28.7. The van der Waals surface area contributed by atoms with Crippen LogP contribution in [0.2, 0.25) is 0 Å². The molecule has 0 atom stereocenters. The van der Waals surface area contributed by atoms with Crippen LogP contribution < -0.4 is 10.1 Å². The Kier molecular flexibility index (Phi) is 5.83. The summed E-state index contributed by atoms with van der Waals surface area (Å²) < 4.78 is 11.8. The highest BCUT2D eigenvalue weighted by Gasteiger charge is 2.12. The number of aryl methyl sites for hydroxylation is 2. The van der Waals surface area contributed by atoms with Gasteiger partial charge in [0.05, 0.1) is 0 Å². The fraction of sp³-hybridized carbons (Fsp3) is 0.103. The minimum Gasteiger partial charge on any atom is -0.489 e. The lowest BCUT2D eigenvalue weighted by Crippen LogP contribution is -2.11. The zero-order valence-corrected chi connectivity index (χ0v) is 19.0. The summed E-state index contributed by atoms with van der Waals surface area (Å²) in [7, 11) is 0. The maximum atomic E-state index is 12.7. The van der Waals surface area contributed by atoms with Gasteiger partial charge in [-0.25, -0.2) is 4.98 Å². The Morgan fingerprint density at radius 1 is 0.912 bits per heavy atom. The third-order valence-electron chi connectivity index (χ3n) is 5.57. The topological polar surface area (TPSA) is 64.4 Å². The molecule has 5 heteroatoms. The van der Waals surface area contributed by atoms with Gasteiger partial charge in [0, 0.05) is 16.8 Å². The van der Waals surface area contributed by atoms with Crippen molar-refractivity contribution in [1.82, 2.24) is 4.98 Å². The van der Waals surface area contributed by atoms with Crippen LogP contribution in [-0.2, 0) is 6.61 Å². The highest BCUT2D eigenvalue weighted by molar-refractivity contribution is 6.04. The Morgan fingerprint density at radius 2 is 1.65 bits per heavy atom. The summed E-state index contributed by atoms with van der Waals surface area (Å²) in [5.41, 5.74) is 7.06. The number of anilines is 1. The molecule has 1 aromatic heterocycles. The normalized spacial score (nSPS) is 10.9. The van der Waals surface area contributed by atoms with Gasteiger partial charge in [-0.15, -0.1) is 0 Å². The standard InChI is InChI=1S/C29H24N2O3/c1-19-16-20(2)27-26(17-19)31-29(34-27)23-8-12-24(13-9-23)30-28(32)22-10-14-25(15-11-22)33-18-21-6-4-3-5-7-21/h3-17H,18H2,1-2H3,(H,30,32). The first kappa shape index (κ1) is 21.5. The van der Waals surface area contributed by atoms with E-state index in [0.29, 0.717) is 29.5 Å². The van der Waals surface area contributed by atoms with Gasteiger partial charge in [0.1, 0.15) is 17.9 Å². The van der Waals surface area contributed by atoms with Crippen LogP contribution in [0.1, 0.15) is 27.0 Å². The third-order valence-corrected chi connectivity index (χ3v) is 5.57. The molecule has 0 unspecified atom stereocenters. The zero-order chi connectivity index (χ0) is 23.5. The van der Waals surface area contributed by atoms with Crippen molar-refractivity contribution in [3.63, 3.8) is 0 Å². The molecular weight excluding hydrogens is 424 g/mol. The predicted octanol–water partition coefficient (Wildman–Crippen LogP) is 6.94. The van der Waals surface area contributed by atoms with Gasteiger partial charge >= 0.3 is 0 Å². The largest absolute Gasteiger partial charge is 0.489 e. The van der Waals surface area contributed by atoms with Crippen molar-refractivity contribution < 1.29 is 13.9 Å². The number of amides is 1. The molecule has 0 radical (unpaired) electrons. The maximum Gasteiger partial charge on any atom is 0.255 e. The van der Waals surface area contributed by atoms with Crippen molar-refractivity contribution >= 4 is 22.7 Å². The first-order valence-corrected chi connectivity index (χ1v) is 11.1. The van der Waals surface area contributed by atoms with Crippen LogP contribution in [0.4, 0.5) is 5.69 Å². The van der Waals surface area contributed by atoms with Crippen LogP contribution in [0, 0.1) is 13.8 Å². The summed E-state index contributed by atoms with van der Waals surface area (Å²) >= 11 is 0. The number of aromatic nitrogens is 1. The number of rotatable bonds is 6. The summed E-state index contributed by atoms with van der Waals surface area (Å²) in [5, 5.41) is 2.93. The number of nitrogens with one attached hydrogen (secondary N) is 1. The smallest absolute Gasteiger partial charge is 0.255 e. The van der Waals surface area contributed by atoms with E-state index >= 15 is 0 Å². The highest BCUT2D eigenvalue weighted by atomic mass is 16.5. The van der Waals surface area contributed by atoms with E-state index < -0.39 is 0 Å². The Balaban J connectivity index is 1.23. The van der Waals surface area contributed by atoms with Gasteiger partial charge in [-0.2, -0.15) is 0 Å². The van der Waals surface area contributed by atoms with E-state index in [-0.39, 0.29) is 5.91 Å². The van der Waals surface area contributed by atoms with Crippen LogP contribution in [0.25, 0.3) is 22.6 Å². The van der Waals surface area contributed by atoms with E-state index in [0.717, 1.165) is 33.4 Å². The van der Waals surface area contributed by atoms with Crippen molar-refractivity contribution in [1.29, 1.82) is 0 Å². The van der Waals surface area contributed by atoms with E-state index in [1.807, 2.05) is 74.5 Å². The van der Waals surface area contributed by atoms with E-state index in [1.165, 1.54) is 0 Å². The Hall–Kier alpha value is -4.38. The number of oxazole rings is 1. The molecule has 1 heterocycles. The number of benzene rings is 4. The van der Waals surface area contributed by atoms with E-state index in [9.17, 15) is 4.79 Å². The molecule has 0 aliphatic carbocycles. The van der Waals surface area contributed by atoms with Crippen LogP contribution in [-0.4, -0.2) is 10.9 Å². The average molecular weight is 449 g/mol. The lowest BCUT2D eigenvalue weighted by atomic mass is 10.1. The maximum absolute atomic E-state index is 12.7. The second-order valence-electron chi connectivity index (χ2n) is 8.28. The van der Waals surface area contributed by atoms with Crippen molar-refractivity contribution in [3.05, 3.63) is 113 Å². The van der Waals surface area contributed by atoms with E-state index in [2.05, 4.69) is 16.4 Å². The van der Waals surface area contributed by atoms with E-state index in [1.54, 1.807) is 24.3 Å². The first-order chi connectivity index (χ1) is 16.5. The number of fused-ring (bicyclic) bond motifs is 1. The van der Waals surface area contributed by atoms with Crippen molar-refractivity contribution in [2.75, 3.05) is 5.32 Å². The van der Waals surface area contributed by atoms with Gasteiger partial charge in [0.15, 0.2) is 5.58 Å². The molecule has 34 heavy (non-hydrogen) atoms. The summed E-state index contributed by atoms with van der Waals surface area (Å²) in [6.45, 7) is 4.55. The van der Waals surface area contributed by atoms with Crippen molar-refractivity contribution in [2.45, 2.75) is 20.5 Å². The molecule has 0 aliphatic rings. The number of ether oxygens (including phenoxy) is 1. The molecule has 0 bridgehead atoms. The lowest BCUT2D eigenvalue weighted by molar-refractivity contribution is 0.102. The van der Waals surface area contributed by atoms with Gasteiger partial charge in [0.25, 0.3) is 5.91 Å². The highest BCUT2D eigenvalue weighted by Crippen LogP contribution is 2.28. The lowest BCUT2D eigenvalue weighted by Gasteiger charge is -2.08. The summed E-state index contributed by atoms with van der Waals surface area (Å²) in [6.07, 6.45) is 0. The molecule has 0 spiro atoms. The summed E-state index contributed by atoms with van der Waals surface area (Å²) in [4.78, 5) is 17.3. The van der Waals surface area contributed by atoms with Gasteiger partial charge in [-0.3, -0.25) is 4.79 Å². The molecule has 5 rings (SSSR count). The summed E-state index contributed by atoms with van der Waals surface area (Å²) in [5.74, 6) is 1.09. The number of nitrogens with zero attached hydrogens (tertiary/aromatic N) is 1. The quantitative estimate of drug-likeness (QED) is 0.305. The molecule has 1 N–H and O–H groups in total. The third kappa shape index (κ3) is 4.69. The second kappa shape index (κ2) is 9.24. The molecule has 0 aliphatic heterocycles. The molecule has 0 saturated heterocycles. The van der Waals surface area contributed by atoms with Crippen LogP contribution in [0.5, 0.6) is 5.75 Å². The fourth-order valence-electron chi connectivity index (χ4n) is 3.84. The van der Waals surface area contributed by atoms with Gasteiger partial charge in [-0.1, -0.05) is 36.4 Å². The number of hydrogen-bond acceptors (Lipinski definition) is 4. The average Bonchev–Trinajstić information content (AvgIpc) is 3.29. The molecule has 168 valence electrons. The van der Waals surface area contributed by atoms with Crippen molar-refractivity contribution in [3.8, 4) is 17.2 Å². The van der Waals surface area contributed by atoms with Gasteiger partial charge < -0.3 is 14.5 Å². The van der Waals surface area contributed by atoms with Crippen LogP contribution >= 0.6 is 0 Å². The van der Waals surface area contributed by atoms with Gasteiger partial charge in [-0.05, 0) is 85.1 Å². The van der Waals surface area contributed by atoms with Crippen LogP contribution in [0.15, 0.2) is 95.4 Å². The molecule has 4 aromatic carbocycles. The zero-order valence-electron chi connectivity index (χ0n) is 19.0. The van der Waals surface area contributed by atoms with Crippen molar-refractivity contribution in [2.24, 2.45) is 0 Å². The predicted molar refractivity (Wildman–Crippen MR) is 134 cm³/mol. The first-order valence-electron chi connectivity index (χ1n) is 11.1. The molecular formula is C29H24N2O3. The molecule has 0 saturated carbocycles. The second-order valence-corrected chi connectivity index (χ2v) is 8.28. The minimum atomic E-state index is -0.185. The van der Waals surface area contributed by atoms with Crippen LogP contribution in [0.3, 0.4) is 0 Å². The van der Waals surface area contributed by atoms with E-state index in [4.69, 9.17) is 9.15 Å². The minimum absolute atomic E-state index is 0.185. The molecule has 5 nitrogen and oxygen atoms in total. The molecule has 5 aromatic rings. The molecule has 1 amide bonds. The Labute approximate surface area is 198 Å². The van der Waals surface area contributed by atoms with Gasteiger partial charge in [0.2, 0.25) is 5.89 Å². The number of carbonyl (C=O) groups excluding carboxylic acids is 1. The SMILES string of the molecule is Cc1cc(C)c2oc(-c3ccc(NC(=O)c4ccc(OCc5ccccc5)cc4)cc3)nc2c1. The number of carbonyl (C=O) groups is 1. The Morgan fingerprint density at radius 3 is 2.38 bits per heavy atom. The number of hydrogen-bond donors (Lipinski definition) is 1. The Bertz CT molecular complexity index is 1440. The molecule has 0 fully saturated rings. The fourth-order valence-corrected chi connectivity index (χ4v) is 3.84.